The number of hydrogen-bond donors (Lipinski definition) is 0. The zero-order chi connectivity index (χ0) is 17.6. The Kier molecular flexibility index (Phi) is 3.96. The number of aromatic nitrogens is 1. The number of aryl methyl sites for hydroxylation is 1. The van der Waals surface area contributed by atoms with Crippen molar-refractivity contribution in [1.82, 2.24) is 9.58 Å². The van der Waals surface area contributed by atoms with E-state index in [0.717, 1.165) is 33.2 Å². The summed E-state index contributed by atoms with van der Waals surface area (Å²) in [6, 6.07) is 16.3. The van der Waals surface area contributed by atoms with Crippen molar-refractivity contribution in [3.63, 3.8) is 0 Å². The average molecular weight is 396 g/mol. The average Bonchev–Trinajstić information content (AvgIpc) is 3.18. The molecule has 4 rings (SSSR count). The molecule has 4 nitrogen and oxygen atoms in total. The number of hydrazone groups is 1. The van der Waals surface area contributed by atoms with E-state index in [1.807, 2.05) is 43.4 Å². The Labute approximate surface area is 154 Å². The number of benzene rings is 2. The maximum absolute atomic E-state index is 12.2. The predicted molar refractivity (Wildman–Crippen MR) is 103 cm³/mol. The highest BCUT2D eigenvalue weighted by atomic mass is 79.9. The van der Waals surface area contributed by atoms with E-state index in [0.29, 0.717) is 0 Å². The van der Waals surface area contributed by atoms with Crippen LogP contribution in [-0.2, 0) is 11.8 Å². The molecule has 0 unspecified atom stereocenters. The van der Waals surface area contributed by atoms with E-state index >= 15 is 0 Å². The van der Waals surface area contributed by atoms with Crippen molar-refractivity contribution in [2.45, 2.75) is 19.4 Å². The third-order valence-electron chi connectivity index (χ3n) is 4.70. The smallest absolute Gasteiger partial charge is 0.240 e. The first-order chi connectivity index (χ1) is 12.0. The Morgan fingerprint density at radius 1 is 1.16 bits per heavy atom. The van der Waals surface area contributed by atoms with E-state index in [4.69, 9.17) is 0 Å². The molecule has 0 radical (unpaired) electrons. The van der Waals surface area contributed by atoms with Crippen LogP contribution < -0.4 is 0 Å². The summed E-state index contributed by atoms with van der Waals surface area (Å²) < 4.78 is 3.14. The largest absolute Gasteiger partial charge is 0.350 e. The summed E-state index contributed by atoms with van der Waals surface area (Å²) in [5, 5.41) is 7.44. The van der Waals surface area contributed by atoms with Crippen LogP contribution in [0.3, 0.4) is 0 Å². The summed E-state index contributed by atoms with van der Waals surface area (Å²) in [5.41, 5.74) is 4.31. The van der Waals surface area contributed by atoms with Gasteiger partial charge in [-0.05, 0) is 23.8 Å². The van der Waals surface area contributed by atoms with E-state index in [-0.39, 0.29) is 11.9 Å². The van der Waals surface area contributed by atoms with Crippen LogP contribution in [0, 0.1) is 0 Å². The van der Waals surface area contributed by atoms with Gasteiger partial charge in [-0.2, -0.15) is 5.10 Å². The molecule has 5 heteroatoms. The van der Waals surface area contributed by atoms with Gasteiger partial charge in [-0.3, -0.25) is 4.79 Å². The molecule has 25 heavy (non-hydrogen) atoms. The minimum atomic E-state index is -0.0674. The highest BCUT2D eigenvalue weighted by molar-refractivity contribution is 9.10. The molecule has 0 N–H and O–H groups in total. The molecule has 1 aliphatic rings. The summed E-state index contributed by atoms with van der Waals surface area (Å²) in [6.07, 6.45) is 2.83. The molecule has 0 bridgehead atoms. The molecule has 1 atom stereocenters. The molecule has 0 aliphatic carbocycles. The number of halogens is 1. The Hall–Kier alpha value is -2.40. The molecular weight excluding hydrogens is 378 g/mol. The summed E-state index contributed by atoms with van der Waals surface area (Å²) >= 11 is 3.46. The van der Waals surface area contributed by atoms with Crippen LogP contribution >= 0.6 is 15.9 Å². The van der Waals surface area contributed by atoms with E-state index in [1.165, 1.54) is 5.39 Å². The molecule has 1 aromatic heterocycles. The number of para-hydroxylation sites is 1. The van der Waals surface area contributed by atoms with Crippen molar-refractivity contribution in [3.8, 4) is 0 Å². The quantitative estimate of drug-likeness (QED) is 0.622. The van der Waals surface area contributed by atoms with E-state index in [9.17, 15) is 4.79 Å². The SMILES string of the molecule is CC(=O)N1N=C(c2ccc(Br)cc2)C[C@H]1c1cn(C)c2ccccc12. The lowest BCUT2D eigenvalue weighted by Crippen LogP contribution is -2.24. The predicted octanol–water partition coefficient (Wildman–Crippen LogP) is 4.64. The second-order valence-electron chi connectivity index (χ2n) is 6.35. The molecule has 1 amide bonds. The second-order valence-corrected chi connectivity index (χ2v) is 7.27. The summed E-state index contributed by atoms with van der Waals surface area (Å²) in [5.74, 6) is -0.0370. The van der Waals surface area contributed by atoms with E-state index in [2.05, 4.69) is 43.9 Å². The topological polar surface area (TPSA) is 37.6 Å². The van der Waals surface area contributed by atoms with Crippen LogP contribution in [0.5, 0.6) is 0 Å². The van der Waals surface area contributed by atoms with Gasteiger partial charge < -0.3 is 4.57 Å². The van der Waals surface area contributed by atoms with Gasteiger partial charge in [-0.15, -0.1) is 0 Å². The highest BCUT2D eigenvalue weighted by Crippen LogP contribution is 2.37. The maximum Gasteiger partial charge on any atom is 0.240 e. The highest BCUT2D eigenvalue weighted by Gasteiger charge is 2.33. The van der Waals surface area contributed by atoms with Gasteiger partial charge in [0.15, 0.2) is 0 Å². The first-order valence-corrected chi connectivity index (χ1v) is 9.01. The van der Waals surface area contributed by atoms with E-state index < -0.39 is 0 Å². The van der Waals surface area contributed by atoms with Crippen LogP contribution in [0.4, 0.5) is 0 Å². The lowest BCUT2D eigenvalue weighted by molar-refractivity contribution is -0.130. The fourth-order valence-electron chi connectivity index (χ4n) is 3.50. The minimum Gasteiger partial charge on any atom is -0.350 e. The van der Waals surface area contributed by atoms with Gasteiger partial charge in [0.25, 0.3) is 0 Å². The van der Waals surface area contributed by atoms with Crippen molar-refractivity contribution < 1.29 is 4.79 Å². The standard InChI is InChI=1S/C20H18BrN3O/c1-13(25)24-20(11-18(22-24)14-7-9-15(21)10-8-14)17-12-23(2)19-6-4-3-5-16(17)19/h3-10,12,20H,11H2,1-2H3/t20-/m0/s1. The van der Waals surface area contributed by atoms with Crippen molar-refractivity contribution in [2.24, 2.45) is 12.1 Å². The zero-order valence-electron chi connectivity index (χ0n) is 14.1. The van der Waals surface area contributed by atoms with Crippen LogP contribution in [0.25, 0.3) is 10.9 Å². The molecule has 3 aromatic rings. The Morgan fingerprint density at radius 2 is 1.88 bits per heavy atom. The van der Waals surface area contributed by atoms with Gasteiger partial charge in [0.1, 0.15) is 0 Å². The maximum atomic E-state index is 12.2. The van der Waals surface area contributed by atoms with Crippen LogP contribution in [0.1, 0.15) is 30.5 Å². The number of nitrogens with zero attached hydrogens (tertiary/aromatic N) is 3. The molecule has 0 spiro atoms. The van der Waals surface area contributed by atoms with Gasteiger partial charge >= 0.3 is 0 Å². The molecular formula is C20H18BrN3O. The Bertz CT molecular complexity index is 988. The van der Waals surface area contributed by atoms with Crippen molar-refractivity contribution in [3.05, 3.63) is 70.3 Å². The number of hydrogen-bond acceptors (Lipinski definition) is 2. The van der Waals surface area contributed by atoms with Crippen molar-refractivity contribution in [2.75, 3.05) is 0 Å². The normalized spacial score (nSPS) is 17.2. The first kappa shape index (κ1) is 16.1. The molecule has 2 aromatic carbocycles. The van der Waals surface area contributed by atoms with E-state index in [1.54, 1.807) is 11.9 Å². The van der Waals surface area contributed by atoms with Gasteiger partial charge in [0, 0.05) is 47.5 Å². The van der Waals surface area contributed by atoms with Gasteiger partial charge in [0.2, 0.25) is 5.91 Å². The minimum absolute atomic E-state index is 0.0370. The number of carbonyl (C=O) groups excluding carboxylic acids is 1. The first-order valence-electron chi connectivity index (χ1n) is 8.22. The second kappa shape index (κ2) is 6.15. The molecule has 1 aliphatic heterocycles. The van der Waals surface area contributed by atoms with Crippen LogP contribution in [-0.4, -0.2) is 21.2 Å². The van der Waals surface area contributed by atoms with Crippen molar-refractivity contribution in [1.29, 1.82) is 0 Å². The van der Waals surface area contributed by atoms with Gasteiger partial charge in [0.05, 0.1) is 11.8 Å². The number of carbonyl (C=O) groups is 1. The molecule has 0 saturated carbocycles. The lowest BCUT2D eigenvalue weighted by atomic mass is 9.98. The van der Waals surface area contributed by atoms with Crippen molar-refractivity contribution >= 4 is 38.5 Å². The fraction of sp³-hybridized carbons (Fsp3) is 0.200. The zero-order valence-corrected chi connectivity index (χ0v) is 15.7. The summed E-state index contributed by atoms with van der Waals surface area (Å²) in [6.45, 7) is 1.58. The van der Waals surface area contributed by atoms with Gasteiger partial charge in [-0.1, -0.05) is 46.3 Å². The third kappa shape index (κ3) is 2.78. The Morgan fingerprint density at radius 3 is 2.60 bits per heavy atom. The molecule has 0 fully saturated rings. The fourth-order valence-corrected chi connectivity index (χ4v) is 3.76. The Balaban J connectivity index is 1.77. The summed E-state index contributed by atoms with van der Waals surface area (Å²) in [4.78, 5) is 12.2. The number of rotatable bonds is 2. The lowest BCUT2D eigenvalue weighted by Gasteiger charge is -2.19. The monoisotopic (exact) mass is 395 g/mol. The molecule has 126 valence electrons. The number of fused-ring (bicyclic) bond motifs is 1. The van der Waals surface area contributed by atoms with Crippen LogP contribution in [0.15, 0.2) is 64.3 Å². The number of amides is 1. The summed E-state index contributed by atoms with van der Waals surface area (Å²) in [7, 11) is 2.04. The van der Waals surface area contributed by atoms with Gasteiger partial charge in [-0.25, -0.2) is 5.01 Å². The third-order valence-corrected chi connectivity index (χ3v) is 5.23. The van der Waals surface area contributed by atoms with Crippen LogP contribution in [0.2, 0.25) is 0 Å². The molecule has 2 heterocycles. The molecule has 0 saturated heterocycles.